The van der Waals surface area contributed by atoms with E-state index in [1.165, 1.54) is 18.2 Å². The van der Waals surface area contributed by atoms with Gasteiger partial charge in [0.25, 0.3) is 0 Å². The van der Waals surface area contributed by atoms with Crippen LogP contribution in [0.25, 0.3) is 0 Å². The SMILES string of the molecule is CC(C)(C)OC(=O)NCC(Cc1cccc(F)c1)C(=O)O. The van der Waals surface area contributed by atoms with E-state index in [2.05, 4.69) is 5.32 Å². The largest absolute Gasteiger partial charge is 0.481 e. The molecule has 0 radical (unpaired) electrons. The van der Waals surface area contributed by atoms with Gasteiger partial charge in [0.1, 0.15) is 11.4 Å². The van der Waals surface area contributed by atoms with Gasteiger partial charge in [0.15, 0.2) is 0 Å². The zero-order valence-electron chi connectivity index (χ0n) is 12.4. The van der Waals surface area contributed by atoms with Crippen molar-refractivity contribution in [1.29, 1.82) is 0 Å². The number of carbonyl (C=O) groups is 2. The number of carbonyl (C=O) groups excluding carboxylic acids is 1. The molecule has 1 aromatic carbocycles. The van der Waals surface area contributed by atoms with Crippen molar-refractivity contribution in [3.8, 4) is 0 Å². The zero-order valence-corrected chi connectivity index (χ0v) is 12.4. The van der Waals surface area contributed by atoms with Gasteiger partial charge in [0.05, 0.1) is 5.92 Å². The van der Waals surface area contributed by atoms with Crippen molar-refractivity contribution in [2.75, 3.05) is 6.54 Å². The molecule has 1 unspecified atom stereocenters. The Balaban J connectivity index is 2.59. The number of ether oxygens (including phenoxy) is 1. The first kappa shape index (κ1) is 16.9. The van der Waals surface area contributed by atoms with E-state index in [9.17, 15) is 14.0 Å². The summed E-state index contributed by atoms with van der Waals surface area (Å²) in [6.07, 6.45) is -0.545. The predicted molar refractivity (Wildman–Crippen MR) is 75.5 cm³/mol. The molecule has 0 aromatic heterocycles. The van der Waals surface area contributed by atoms with Gasteiger partial charge in [-0.1, -0.05) is 12.1 Å². The molecular weight excluding hydrogens is 277 g/mol. The quantitative estimate of drug-likeness (QED) is 0.876. The van der Waals surface area contributed by atoms with Gasteiger partial charge in [-0.2, -0.15) is 0 Å². The maximum Gasteiger partial charge on any atom is 0.407 e. The highest BCUT2D eigenvalue weighted by Gasteiger charge is 2.21. The molecule has 0 spiro atoms. The van der Waals surface area contributed by atoms with Crippen LogP contribution in [-0.4, -0.2) is 29.3 Å². The minimum Gasteiger partial charge on any atom is -0.481 e. The fraction of sp³-hybridized carbons (Fsp3) is 0.467. The number of hydrogen-bond acceptors (Lipinski definition) is 3. The number of benzene rings is 1. The van der Waals surface area contributed by atoms with Gasteiger partial charge in [-0.05, 0) is 44.9 Å². The van der Waals surface area contributed by atoms with Crippen molar-refractivity contribution in [3.63, 3.8) is 0 Å². The highest BCUT2D eigenvalue weighted by Crippen LogP contribution is 2.11. The third kappa shape index (κ3) is 6.74. The summed E-state index contributed by atoms with van der Waals surface area (Å²) in [4.78, 5) is 22.7. The Hall–Kier alpha value is -2.11. The number of aliphatic carboxylic acids is 1. The molecule has 0 bridgehead atoms. The van der Waals surface area contributed by atoms with Crippen LogP contribution in [0.5, 0.6) is 0 Å². The molecule has 0 heterocycles. The first-order chi connectivity index (χ1) is 9.67. The molecule has 0 fully saturated rings. The number of rotatable bonds is 5. The van der Waals surface area contributed by atoms with Crippen molar-refractivity contribution in [3.05, 3.63) is 35.6 Å². The van der Waals surface area contributed by atoms with Gasteiger partial charge in [-0.15, -0.1) is 0 Å². The third-order valence-electron chi connectivity index (χ3n) is 2.61. The smallest absolute Gasteiger partial charge is 0.407 e. The van der Waals surface area contributed by atoms with Crippen molar-refractivity contribution in [1.82, 2.24) is 5.32 Å². The number of halogens is 1. The minimum atomic E-state index is -1.06. The lowest BCUT2D eigenvalue weighted by atomic mass is 9.99. The van der Waals surface area contributed by atoms with Crippen molar-refractivity contribution >= 4 is 12.1 Å². The van der Waals surface area contributed by atoms with Crippen molar-refractivity contribution in [2.45, 2.75) is 32.8 Å². The first-order valence-corrected chi connectivity index (χ1v) is 6.61. The van der Waals surface area contributed by atoms with Crippen LogP contribution in [0.15, 0.2) is 24.3 Å². The zero-order chi connectivity index (χ0) is 16.0. The lowest BCUT2D eigenvalue weighted by molar-refractivity contribution is -0.141. The Bertz CT molecular complexity index is 511. The Morgan fingerprint density at radius 2 is 2.05 bits per heavy atom. The van der Waals surface area contributed by atoms with Crippen LogP contribution >= 0.6 is 0 Å². The van der Waals surface area contributed by atoms with Crippen molar-refractivity contribution in [2.24, 2.45) is 5.92 Å². The number of nitrogens with one attached hydrogen (secondary N) is 1. The van der Waals surface area contributed by atoms with E-state index >= 15 is 0 Å². The average Bonchev–Trinajstić information content (AvgIpc) is 2.32. The van der Waals surface area contributed by atoms with Crippen LogP contribution in [0.1, 0.15) is 26.3 Å². The van der Waals surface area contributed by atoms with Gasteiger partial charge in [-0.25, -0.2) is 9.18 Å². The summed E-state index contributed by atoms with van der Waals surface area (Å²) in [7, 11) is 0. The van der Waals surface area contributed by atoms with Crippen molar-refractivity contribution < 1.29 is 23.8 Å². The molecule has 1 rings (SSSR count). The topological polar surface area (TPSA) is 75.6 Å². The molecule has 1 atom stereocenters. The van der Waals surface area contributed by atoms with Gasteiger partial charge >= 0.3 is 12.1 Å². The molecule has 6 heteroatoms. The standard InChI is InChI=1S/C15H20FNO4/c1-15(2,3)21-14(20)17-9-11(13(18)19)7-10-5-4-6-12(16)8-10/h4-6,8,11H,7,9H2,1-3H3,(H,17,20)(H,18,19). The number of amides is 1. The van der Waals surface area contributed by atoms with Crippen LogP contribution in [-0.2, 0) is 16.0 Å². The summed E-state index contributed by atoms with van der Waals surface area (Å²) in [5.74, 6) is -2.33. The van der Waals surface area contributed by atoms with E-state index in [1.807, 2.05) is 0 Å². The van der Waals surface area contributed by atoms with Crippen LogP contribution in [0.4, 0.5) is 9.18 Å². The molecule has 0 saturated carbocycles. The molecule has 5 nitrogen and oxygen atoms in total. The molecule has 2 N–H and O–H groups in total. The molecule has 0 aliphatic rings. The summed E-state index contributed by atoms with van der Waals surface area (Å²) >= 11 is 0. The molecule has 0 aliphatic carbocycles. The van der Waals surface area contributed by atoms with Crippen LogP contribution in [0.2, 0.25) is 0 Å². The van der Waals surface area contributed by atoms with Crippen LogP contribution in [0.3, 0.4) is 0 Å². The maximum absolute atomic E-state index is 13.1. The predicted octanol–water partition coefficient (Wildman–Crippen LogP) is 2.59. The Morgan fingerprint density at radius 1 is 1.38 bits per heavy atom. The number of hydrogen-bond donors (Lipinski definition) is 2. The van der Waals surface area contributed by atoms with E-state index in [0.29, 0.717) is 5.56 Å². The molecule has 0 saturated heterocycles. The Morgan fingerprint density at radius 3 is 2.57 bits per heavy atom. The third-order valence-corrected chi connectivity index (χ3v) is 2.61. The van der Waals surface area contributed by atoms with Gasteiger partial charge < -0.3 is 15.2 Å². The van der Waals surface area contributed by atoms with E-state index in [1.54, 1.807) is 26.8 Å². The fourth-order valence-corrected chi connectivity index (χ4v) is 1.72. The molecule has 1 amide bonds. The van der Waals surface area contributed by atoms with E-state index in [0.717, 1.165) is 0 Å². The maximum atomic E-state index is 13.1. The van der Waals surface area contributed by atoms with Gasteiger partial charge in [0, 0.05) is 6.54 Å². The monoisotopic (exact) mass is 297 g/mol. The first-order valence-electron chi connectivity index (χ1n) is 6.61. The van der Waals surface area contributed by atoms with Gasteiger partial charge in [-0.3, -0.25) is 4.79 Å². The molecule has 1 aromatic rings. The van der Waals surface area contributed by atoms with Crippen LogP contribution in [0, 0.1) is 11.7 Å². The molecule has 116 valence electrons. The highest BCUT2D eigenvalue weighted by atomic mass is 19.1. The van der Waals surface area contributed by atoms with E-state index in [4.69, 9.17) is 9.84 Å². The molecule has 0 aliphatic heterocycles. The molecule has 21 heavy (non-hydrogen) atoms. The lowest BCUT2D eigenvalue weighted by Gasteiger charge is -2.20. The molecular formula is C15H20FNO4. The summed E-state index contributed by atoms with van der Waals surface area (Å²) in [5.41, 5.74) is -0.0841. The summed E-state index contributed by atoms with van der Waals surface area (Å²) in [5, 5.41) is 11.6. The highest BCUT2D eigenvalue weighted by molar-refractivity contribution is 5.73. The number of carboxylic acids is 1. The minimum absolute atomic E-state index is 0.0826. The summed E-state index contributed by atoms with van der Waals surface area (Å²) in [6.45, 7) is 5.07. The Kier molecular flexibility index (Phi) is 5.69. The number of carboxylic acid groups (broad SMARTS) is 1. The Labute approximate surface area is 123 Å². The van der Waals surface area contributed by atoms with Crippen LogP contribution < -0.4 is 5.32 Å². The number of alkyl carbamates (subject to hydrolysis) is 1. The lowest BCUT2D eigenvalue weighted by Crippen LogP contribution is -2.37. The summed E-state index contributed by atoms with van der Waals surface area (Å²) < 4.78 is 18.1. The second kappa shape index (κ2) is 7.06. The fourth-order valence-electron chi connectivity index (χ4n) is 1.72. The van der Waals surface area contributed by atoms with E-state index < -0.39 is 29.4 Å². The summed E-state index contributed by atoms with van der Waals surface area (Å²) in [6, 6.07) is 5.74. The second-order valence-corrected chi connectivity index (χ2v) is 5.75. The van der Waals surface area contributed by atoms with Gasteiger partial charge in [0.2, 0.25) is 0 Å². The average molecular weight is 297 g/mol. The normalized spacial score (nSPS) is 12.6. The van der Waals surface area contributed by atoms with E-state index in [-0.39, 0.29) is 13.0 Å². The second-order valence-electron chi connectivity index (χ2n) is 5.75.